The fourth-order valence-corrected chi connectivity index (χ4v) is 2.83. The van der Waals surface area contributed by atoms with Crippen molar-refractivity contribution in [3.8, 4) is 11.1 Å². The van der Waals surface area contributed by atoms with Crippen molar-refractivity contribution in [3.63, 3.8) is 0 Å². The maximum Gasteiger partial charge on any atom is 0.404 e. The van der Waals surface area contributed by atoms with Gasteiger partial charge in [0.25, 0.3) is 0 Å². The van der Waals surface area contributed by atoms with Crippen molar-refractivity contribution < 1.29 is 13.9 Å². The lowest BCUT2D eigenvalue weighted by Gasteiger charge is -2.06. The van der Waals surface area contributed by atoms with Crippen molar-refractivity contribution in [2.45, 2.75) is 6.61 Å². The largest absolute Gasteiger partial charge is 0.457 e. The lowest BCUT2D eigenvalue weighted by atomic mass is 10.0. The van der Waals surface area contributed by atoms with Crippen molar-refractivity contribution in [1.82, 2.24) is 4.98 Å². The van der Waals surface area contributed by atoms with Crippen molar-refractivity contribution in [2.24, 2.45) is 5.73 Å². The number of benzene rings is 2. The second-order valence-corrected chi connectivity index (χ2v) is 5.81. The number of nitrogens with two attached hydrogens (primary N) is 1. The zero-order valence-corrected chi connectivity index (χ0v) is 13.6. The van der Waals surface area contributed by atoms with Crippen LogP contribution in [0.15, 0.2) is 70.0 Å². The molecule has 0 aliphatic heterocycles. The summed E-state index contributed by atoms with van der Waals surface area (Å²) in [6.07, 6.45) is 0.854. The third-order valence-electron chi connectivity index (χ3n) is 4.06. The van der Waals surface area contributed by atoms with Crippen LogP contribution in [0.25, 0.3) is 33.0 Å². The topological polar surface area (TPSA) is 95.4 Å². The zero-order chi connectivity index (χ0) is 18.1. The first-order valence-electron chi connectivity index (χ1n) is 7.94. The molecule has 0 saturated carbocycles. The average Bonchev–Trinajstić information content (AvgIpc) is 2.66. The summed E-state index contributed by atoms with van der Waals surface area (Å²) in [5.41, 5.74) is 7.81. The van der Waals surface area contributed by atoms with E-state index >= 15 is 0 Å². The van der Waals surface area contributed by atoms with Gasteiger partial charge in [-0.1, -0.05) is 24.3 Å². The van der Waals surface area contributed by atoms with Gasteiger partial charge in [-0.15, -0.1) is 0 Å². The highest BCUT2D eigenvalue weighted by atomic mass is 16.6. The zero-order valence-electron chi connectivity index (χ0n) is 13.6. The van der Waals surface area contributed by atoms with Crippen LogP contribution < -0.4 is 11.2 Å². The lowest BCUT2D eigenvalue weighted by Crippen LogP contribution is -2.13. The molecular formula is C20H14N2O4. The molecule has 26 heavy (non-hydrogen) atoms. The summed E-state index contributed by atoms with van der Waals surface area (Å²) in [7, 11) is 0. The van der Waals surface area contributed by atoms with Crippen molar-refractivity contribution >= 4 is 28.0 Å². The summed E-state index contributed by atoms with van der Waals surface area (Å²) in [5, 5.41) is 1.47. The molecule has 2 N–H and O–H groups in total. The van der Waals surface area contributed by atoms with E-state index in [2.05, 4.69) is 9.72 Å². The summed E-state index contributed by atoms with van der Waals surface area (Å²) < 4.78 is 10.3. The highest BCUT2D eigenvalue weighted by molar-refractivity contribution is 5.87. The Bertz CT molecular complexity index is 1200. The number of fused-ring (bicyclic) bond motifs is 2. The van der Waals surface area contributed by atoms with Crippen LogP contribution in [0.3, 0.4) is 0 Å². The number of primary amides is 1. The molecule has 4 rings (SSSR count). The molecule has 0 spiro atoms. The van der Waals surface area contributed by atoms with E-state index in [0.717, 1.165) is 22.0 Å². The Morgan fingerprint density at radius 1 is 1.08 bits per heavy atom. The molecule has 0 aliphatic carbocycles. The number of carbonyl (C=O) groups is 1. The van der Waals surface area contributed by atoms with Crippen LogP contribution in [0.5, 0.6) is 0 Å². The first kappa shape index (κ1) is 15.8. The van der Waals surface area contributed by atoms with Crippen LogP contribution in [0.4, 0.5) is 4.79 Å². The smallest absolute Gasteiger partial charge is 0.404 e. The van der Waals surface area contributed by atoms with E-state index < -0.39 is 6.09 Å². The van der Waals surface area contributed by atoms with Crippen LogP contribution in [0, 0.1) is 0 Å². The molecule has 0 bridgehead atoms. The van der Waals surface area contributed by atoms with Gasteiger partial charge in [0.1, 0.15) is 11.3 Å². The number of rotatable bonds is 3. The van der Waals surface area contributed by atoms with Crippen molar-refractivity contribution in [2.75, 3.05) is 0 Å². The summed E-state index contributed by atoms with van der Waals surface area (Å²) in [6, 6.07) is 16.5. The average molecular weight is 346 g/mol. The first-order valence-corrected chi connectivity index (χ1v) is 7.94. The predicted molar refractivity (Wildman–Crippen MR) is 97.6 cm³/mol. The van der Waals surface area contributed by atoms with E-state index in [0.29, 0.717) is 11.0 Å². The standard InChI is InChI=1S/C20H14N2O4/c21-20(24)25-11-15-9-18(23)16-8-12(5-6-19(16)26-15)14-7-13-3-1-2-4-17(13)22-10-14/h1-10H,11H2,(H2,21,24). The van der Waals surface area contributed by atoms with Gasteiger partial charge < -0.3 is 14.9 Å². The highest BCUT2D eigenvalue weighted by Gasteiger charge is 2.09. The Morgan fingerprint density at radius 3 is 2.77 bits per heavy atom. The number of carbonyl (C=O) groups excluding carboxylic acids is 1. The predicted octanol–water partition coefficient (Wildman–Crippen LogP) is 3.60. The van der Waals surface area contributed by atoms with Gasteiger partial charge in [0.15, 0.2) is 12.0 Å². The van der Waals surface area contributed by atoms with Gasteiger partial charge in [-0.05, 0) is 29.8 Å². The molecule has 0 unspecified atom stereocenters. The fraction of sp³-hybridized carbons (Fsp3) is 0.0500. The fourth-order valence-electron chi connectivity index (χ4n) is 2.83. The Hall–Kier alpha value is -3.67. The quantitative estimate of drug-likeness (QED) is 0.611. The number of aromatic nitrogens is 1. The second kappa shape index (κ2) is 6.33. The van der Waals surface area contributed by atoms with Crippen LogP contribution in [0.2, 0.25) is 0 Å². The van der Waals surface area contributed by atoms with Crippen molar-refractivity contribution in [3.05, 3.63) is 76.8 Å². The number of hydrogen-bond donors (Lipinski definition) is 1. The molecule has 1 amide bonds. The summed E-state index contributed by atoms with van der Waals surface area (Å²) in [5.74, 6) is 0.237. The maximum atomic E-state index is 12.4. The van der Waals surface area contributed by atoms with Gasteiger partial charge in [0.2, 0.25) is 0 Å². The van der Waals surface area contributed by atoms with E-state index in [-0.39, 0.29) is 17.8 Å². The molecule has 6 nitrogen and oxygen atoms in total. The van der Waals surface area contributed by atoms with Crippen LogP contribution in [-0.4, -0.2) is 11.1 Å². The minimum atomic E-state index is -0.924. The molecule has 2 aromatic heterocycles. The Kier molecular flexibility index (Phi) is 3.85. The molecule has 0 radical (unpaired) electrons. The molecule has 4 aromatic rings. The summed E-state index contributed by atoms with van der Waals surface area (Å²) in [4.78, 5) is 27.5. The third kappa shape index (κ3) is 3.00. The van der Waals surface area contributed by atoms with E-state index in [9.17, 15) is 9.59 Å². The molecule has 2 aromatic carbocycles. The normalized spacial score (nSPS) is 10.9. The number of amides is 1. The second-order valence-electron chi connectivity index (χ2n) is 5.81. The van der Waals surface area contributed by atoms with Gasteiger partial charge >= 0.3 is 6.09 Å². The van der Waals surface area contributed by atoms with E-state index in [4.69, 9.17) is 10.2 Å². The van der Waals surface area contributed by atoms with Crippen LogP contribution >= 0.6 is 0 Å². The van der Waals surface area contributed by atoms with Crippen molar-refractivity contribution in [1.29, 1.82) is 0 Å². The number of para-hydroxylation sites is 1. The molecular weight excluding hydrogens is 332 g/mol. The SMILES string of the molecule is NC(=O)OCc1cc(=O)c2cc(-c3cnc4ccccc4c3)ccc2o1. The number of pyridine rings is 1. The van der Waals surface area contributed by atoms with Gasteiger partial charge in [0, 0.05) is 23.2 Å². The molecule has 2 heterocycles. The lowest BCUT2D eigenvalue weighted by molar-refractivity contribution is 0.141. The van der Waals surface area contributed by atoms with Gasteiger partial charge in [-0.3, -0.25) is 9.78 Å². The Balaban J connectivity index is 1.77. The van der Waals surface area contributed by atoms with Gasteiger partial charge in [-0.25, -0.2) is 4.79 Å². The monoisotopic (exact) mass is 346 g/mol. The first-order chi connectivity index (χ1) is 12.6. The molecule has 0 fully saturated rings. The Morgan fingerprint density at radius 2 is 1.92 bits per heavy atom. The summed E-state index contributed by atoms with van der Waals surface area (Å²) in [6.45, 7) is -0.184. The highest BCUT2D eigenvalue weighted by Crippen LogP contribution is 2.25. The van der Waals surface area contributed by atoms with E-state index in [1.54, 1.807) is 18.3 Å². The third-order valence-corrected chi connectivity index (χ3v) is 4.06. The number of hydrogen-bond acceptors (Lipinski definition) is 5. The van der Waals surface area contributed by atoms with Gasteiger partial charge in [0.05, 0.1) is 10.9 Å². The maximum absolute atomic E-state index is 12.4. The number of nitrogens with zero attached hydrogens (tertiary/aromatic N) is 1. The number of ether oxygens (including phenoxy) is 1. The van der Waals surface area contributed by atoms with Gasteiger partial charge in [-0.2, -0.15) is 0 Å². The molecule has 6 heteroatoms. The van der Waals surface area contributed by atoms with Crippen LogP contribution in [-0.2, 0) is 11.3 Å². The van der Waals surface area contributed by atoms with Crippen LogP contribution in [0.1, 0.15) is 5.76 Å². The van der Waals surface area contributed by atoms with E-state index in [1.165, 1.54) is 6.07 Å². The molecule has 0 aliphatic rings. The molecule has 128 valence electrons. The summed E-state index contributed by atoms with van der Waals surface area (Å²) >= 11 is 0. The minimum absolute atomic E-state index is 0.184. The molecule has 0 atom stereocenters. The van der Waals surface area contributed by atoms with E-state index in [1.807, 2.05) is 36.4 Å². The molecule has 0 saturated heterocycles. The minimum Gasteiger partial charge on any atom is -0.457 e. The Labute approximate surface area is 147 Å².